The number of carbonyl (C=O) groups excluding carboxylic acids is 2. The molecule has 3 saturated heterocycles. The van der Waals surface area contributed by atoms with Gasteiger partial charge >= 0.3 is 12.3 Å². The topological polar surface area (TPSA) is 82.5 Å². The number of alkyl halides is 3. The minimum Gasteiger partial charge on any atom is -0.465 e. The van der Waals surface area contributed by atoms with Crippen molar-refractivity contribution in [3.63, 3.8) is 0 Å². The Hall–Kier alpha value is -3.15. The fourth-order valence-corrected chi connectivity index (χ4v) is 5.88. The number of piperazine rings is 1. The van der Waals surface area contributed by atoms with Crippen molar-refractivity contribution < 1.29 is 37.3 Å². The van der Waals surface area contributed by atoms with Crippen LogP contribution in [0.3, 0.4) is 0 Å². The van der Waals surface area contributed by atoms with E-state index in [-0.39, 0.29) is 23.2 Å². The number of halogens is 3. The first kappa shape index (κ1) is 25.5. The van der Waals surface area contributed by atoms with E-state index in [0.717, 1.165) is 5.56 Å². The predicted molar refractivity (Wildman–Crippen MR) is 126 cm³/mol. The fourth-order valence-electron chi connectivity index (χ4n) is 5.88. The van der Waals surface area contributed by atoms with Gasteiger partial charge in [0.25, 0.3) is 5.91 Å². The molecule has 1 N–H and O–H groups in total. The van der Waals surface area contributed by atoms with Gasteiger partial charge in [-0.3, -0.25) is 14.6 Å². The molecule has 2 aromatic carbocycles. The van der Waals surface area contributed by atoms with Crippen LogP contribution in [0, 0.1) is 0 Å². The number of rotatable bonds is 5. The maximum atomic E-state index is 13.5. The summed E-state index contributed by atoms with van der Waals surface area (Å²) in [4.78, 5) is 31.7. The molecule has 0 saturated carbocycles. The lowest BCUT2D eigenvalue weighted by molar-refractivity contribution is -0.274. The van der Waals surface area contributed by atoms with Gasteiger partial charge in [-0.25, -0.2) is 4.79 Å². The van der Waals surface area contributed by atoms with Crippen molar-refractivity contribution in [2.75, 3.05) is 39.8 Å². The van der Waals surface area contributed by atoms with E-state index in [4.69, 9.17) is 4.74 Å². The number of amides is 1. The molecular weight excluding hydrogens is 491 g/mol. The minimum atomic E-state index is -4.73. The Morgan fingerprint density at radius 2 is 1.76 bits per heavy atom. The summed E-state index contributed by atoms with van der Waals surface area (Å²) in [7, 11) is 1.29. The van der Waals surface area contributed by atoms with Crippen LogP contribution < -0.4 is 4.74 Å². The van der Waals surface area contributed by atoms with Gasteiger partial charge in [0.05, 0.1) is 24.3 Å². The first-order chi connectivity index (χ1) is 17.5. The van der Waals surface area contributed by atoms with Crippen molar-refractivity contribution in [2.45, 2.75) is 37.0 Å². The normalized spacial score (nSPS) is 23.4. The molecule has 198 valence electrons. The summed E-state index contributed by atoms with van der Waals surface area (Å²) in [6.45, 7) is 3.37. The second-order valence-corrected chi connectivity index (χ2v) is 10.0. The molecule has 37 heavy (non-hydrogen) atoms. The quantitative estimate of drug-likeness (QED) is 0.608. The first-order valence-electron chi connectivity index (χ1n) is 12.0. The summed E-state index contributed by atoms with van der Waals surface area (Å²) in [6, 6.07) is 12.3. The van der Waals surface area contributed by atoms with Crippen LogP contribution in [0.1, 0.15) is 32.7 Å². The zero-order chi connectivity index (χ0) is 26.4. The molecule has 2 atom stereocenters. The van der Waals surface area contributed by atoms with Crippen molar-refractivity contribution >= 4 is 11.9 Å². The molecule has 0 radical (unpaired) electrons. The van der Waals surface area contributed by atoms with Crippen LogP contribution in [0.4, 0.5) is 13.2 Å². The molecule has 0 aromatic heterocycles. The zero-order valence-corrected chi connectivity index (χ0v) is 20.3. The molecule has 1 amide bonds. The van der Waals surface area contributed by atoms with Crippen LogP contribution in [0.2, 0.25) is 0 Å². The molecule has 3 fully saturated rings. The third kappa shape index (κ3) is 5.29. The monoisotopic (exact) mass is 519 g/mol. The van der Waals surface area contributed by atoms with E-state index in [0.29, 0.717) is 56.8 Å². The summed E-state index contributed by atoms with van der Waals surface area (Å²) >= 11 is 0. The molecule has 2 aromatic rings. The average Bonchev–Trinajstić information content (AvgIpc) is 3.23. The van der Waals surface area contributed by atoms with Crippen molar-refractivity contribution in [3.8, 4) is 5.75 Å². The smallest absolute Gasteiger partial charge is 0.465 e. The Kier molecular flexibility index (Phi) is 6.63. The molecule has 0 aliphatic carbocycles. The van der Waals surface area contributed by atoms with Gasteiger partial charge in [0, 0.05) is 50.9 Å². The largest absolute Gasteiger partial charge is 0.573 e. The third-order valence-corrected chi connectivity index (χ3v) is 7.33. The van der Waals surface area contributed by atoms with Crippen LogP contribution >= 0.6 is 0 Å². The van der Waals surface area contributed by atoms with Crippen LogP contribution in [0.5, 0.6) is 5.75 Å². The number of aliphatic hydroxyl groups is 1. The number of methoxy groups -OCH3 is 1. The Bertz CT molecular complexity index is 1170. The Morgan fingerprint density at radius 3 is 2.43 bits per heavy atom. The number of likely N-dealkylation sites (tertiary alicyclic amines) is 1. The maximum absolute atomic E-state index is 13.5. The van der Waals surface area contributed by atoms with Gasteiger partial charge in [0.2, 0.25) is 0 Å². The van der Waals surface area contributed by atoms with Crippen molar-refractivity contribution in [1.29, 1.82) is 0 Å². The van der Waals surface area contributed by atoms with E-state index in [1.54, 1.807) is 35.2 Å². The summed E-state index contributed by atoms with van der Waals surface area (Å²) in [5, 5.41) is 10.4. The standard InChI is InChI=1S/C26H28F3N3O5/c1-36-24(35)19-4-2-3-18(9-19)23(34)31-12-20-10-21(33)13-32(20)25(16-31)14-30(15-25)11-17-5-7-22(8-6-17)37-26(27,28)29/h2-9,20-21,33H,10-16H2,1H3. The number of ether oxygens (including phenoxy) is 2. The molecule has 1 spiro atoms. The number of fused-ring (bicyclic) bond motifs is 2. The average molecular weight is 520 g/mol. The molecule has 3 aliphatic rings. The van der Waals surface area contributed by atoms with Crippen molar-refractivity contribution in [2.24, 2.45) is 0 Å². The van der Waals surface area contributed by atoms with E-state index in [9.17, 15) is 27.9 Å². The molecule has 5 rings (SSSR count). The highest BCUT2D eigenvalue weighted by Crippen LogP contribution is 2.40. The van der Waals surface area contributed by atoms with Gasteiger partial charge in [-0.05, 0) is 42.3 Å². The van der Waals surface area contributed by atoms with Crippen LogP contribution in [0.25, 0.3) is 0 Å². The number of hydrogen-bond donors (Lipinski definition) is 1. The van der Waals surface area contributed by atoms with Gasteiger partial charge in [-0.1, -0.05) is 18.2 Å². The molecule has 2 unspecified atom stereocenters. The molecular formula is C26H28F3N3O5. The lowest BCUT2D eigenvalue weighted by atomic mass is 9.83. The van der Waals surface area contributed by atoms with E-state index in [2.05, 4.69) is 14.5 Å². The maximum Gasteiger partial charge on any atom is 0.573 e. The fraction of sp³-hybridized carbons (Fsp3) is 0.462. The summed E-state index contributed by atoms with van der Waals surface area (Å²) in [5.74, 6) is -0.949. The number of esters is 1. The highest BCUT2D eigenvalue weighted by molar-refractivity contribution is 5.98. The van der Waals surface area contributed by atoms with Crippen LogP contribution in [-0.2, 0) is 11.3 Å². The SMILES string of the molecule is COC(=O)c1cccc(C(=O)N2CC3CC(O)CN3C3(CN(Cc4ccc(OC(F)(F)F)cc4)C3)C2)c1. The van der Waals surface area contributed by atoms with E-state index in [1.807, 2.05) is 0 Å². The molecule has 8 nitrogen and oxygen atoms in total. The number of benzene rings is 2. The minimum absolute atomic E-state index is 0.0254. The highest BCUT2D eigenvalue weighted by atomic mass is 19.4. The number of aliphatic hydroxyl groups excluding tert-OH is 1. The molecule has 3 heterocycles. The lowest BCUT2D eigenvalue weighted by Crippen LogP contribution is -2.78. The lowest BCUT2D eigenvalue weighted by Gasteiger charge is -2.61. The van der Waals surface area contributed by atoms with Crippen LogP contribution in [0.15, 0.2) is 48.5 Å². The third-order valence-electron chi connectivity index (χ3n) is 7.33. The van der Waals surface area contributed by atoms with Gasteiger partial charge < -0.3 is 19.5 Å². The summed E-state index contributed by atoms with van der Waals surface area (Å²) in [6.07, 6.45) is -4.61. The summed E-state index contributed by atoms with van der Waals surface area (Å²) in [5.41, 5.74) is 1.24. The Labute approximate surface area is 212 Å². The van der Waals surface area contributed by atoms with E-state index in [1.165, 1.54) is 25.3 Å². The number of nitrogens with zero attached hydrogens (tertiary/aromatic N) is 3. The number of hydrogen-bond acceptors (Lipinski definition) is 7. The number of β-amino-alcohol motifs (C(OH)–C–C–N with tert-alkyl or cyclic N) is 1. The van der Waals surface area contributed by atoms with Gasteiger partial charge in [-0.15, -0.1) is 13.2 Å². The zero-order valence-electron chi connectivity index (χ0n) is 20.3. The predicted octanol–water partition coefficient (Wildman–Crippen LogP) is 2.52. The molecule has 3 aliphatic heterocycles. The summed E-state index contributed by atoms with van der Waals surface area (Å²) < 4.78 is 46.0. The van der Waals surface area contributed by atoms with Gasteiger partial charge in [0.15, 0.2) is 0 Å². The molecule has 11 heteroatoms. The van der Waals surface area contributed by atoms with Gasteiger partial charge in [-0.2, -0.15) is 0 Å². The van der Waals surface area contributed by atoms with Crippen molar-refractivity contribution in [3.05, 3.63) is 65.2 Å². The first-order valence-corrected chi connectivity index (χ1v) is 12.0. The van der Waals surface area contributed by atoms with Gasteiger partial charge in [0.1, 0.15) is 5.75 Å². The second kappa shape index (κ2) is 9.62. The van der Waals surface area contributed by atoms with Crippen molar-refractivity contribution in [1.82, 2.24) is 14.7 Å². The number of carbonyl (C=O) groups is 2. The Morgan fingerprint density at radius 1 is 1.05 bits per heavy atom. The van der Waals surface area contributed by atoms with E-state index >= 15 is 0 Å². The van der Waals surface area contributed by atoms with E-state index < -0.39 is 18.4 Å². The Balaban J connectivity index is 1.28. The second-order valence-electron chi connectivity index (χ2n) is 10.0. The highest BCUT2D eigenvalue weighted by Gasteiger charge is 2.56. The molecule has 0 bridgehead atoms. The van der Waals surface area contributed by atoms with Crippen LogP contribution in [-0.4, -0.2) is 95.6 Å².